The Kier molecular flexibility index (Phi) is 5.92. The fourth-order valence-electron chi connectivity index (χ4n) is 2.63. The Morgan fingerprint density at radius 3 is 2.29 bits per heavy atom. The van der Waals surface area contributed by atoms with E-state index in [9.17, 15) is 4.79 Å². The molecule has 126 valence electrons. The zero-order valence-corrected chi connectivity index (χ0v) is 15.5. The van der Waals surface area contributed by atoms with Gasteiger partial charge in [0.15, 0.2) is 0 Å². The molecule has 0 aliphatic rings. The van der Waals surface area contributed by atoms with Crippen molar-refractivity contribution in [2.75, 3.05) is 12.4 Å². The Hall–Kier alpha value is -1.97. The molecule has 3 nitrogen and oxygen atoms in total. The van der Waals surface area contributed by atoms with Crippen LogP contribution in [0.15, 0.2) is 30.3 Å². The van der Waals surface area contributed by atoms with Crippen molar-refractivity contribution in [3.63, 3.8) is 0 Å². The molecule has 2 rings (SSSR count). The average Bonchev–Trinajstić information content (AvgIpc) is 2.48. The van der Waals surface area contributed by atoms with E-state index in [1.807, 2.05) is 32.9 Å². The summed E-state index contributed by atoms with van der Waals surface area (Å²) < 4.78 is 5.26. The van der Waals surface area contributed by atoms with E-state index >= 15 is 0 Å². The molecule has 5 heteroatoms. The van der Waals surface area contributed by atoms with Crippen molar-refractivity contribution in [1.29, 1.82) is 0 Å². The highest BCUT2D eigenvalue weighted by atomic mass is 35.5. The molecule has 0 fully saturated rings. The smallest absolute Gasteiger partial charge is 0.248 e. The molecule has 0 saturated carbocycles. The zero-order chi connectivity index (χ0) is 17.9. The second-order valence-electron chi connectivity index (χ2n) is 5.61. The van der Waals surface area contributed by atoms with E-state index in [-0.39, 0.29) is 5.91 Å². The van der Waals surface area contributed by atoms with Gasteiger partial charge in [0.25, 0.3) is 0 Å². The molecule has 2 aromatic rings. The first-order valence-electron chi connectivity index (χ1n) is 7.41. The van der Waals surface area contributed by atoms with E-state index in [4.69, 9.17) is 27.9 Å². The fourth-order valence-corrected chi connectivity index (χ4v) is 3.21. The van der Waals surface area contributed by atoms with Crippen LogP contribution in [-0.2, 0) is 4.79 Å². The van der Waals surface area contributed by atoms with Crippen LogP contribution in [-0.4, -0.2) is 13.0 Å². The second kappa shape index (κ2) is 7.73. The lowest BCUT2D eigenvalue weighted by molar-refractivity contribution is -0.111. The van der Waals surface area contributed by atoms with Gasteiger partial charge in [-0.3, -0.25) is 4.79 Å². The van der Waals surface area contributed by atoms with Crippen LogP contribution in [0.25, 0.3) is 6.08 Å². The minimum absolute atomic E-state index is 0.233. The lowest BCUT2D eigenvalue weighted by atomic mass is 10.1. The van der Waals surface area contributed by atoms with Crippen LogP contribution < -0.4 is 10.1 Å². The van der Waals surface area contributed by atoms with Crippen molar-refractivity contribution in [2.24, 2.45) is 0 Å². The van der Waals surface area contributed by atoms with Crippen LogP contribution in [0.3, 0.4) is 0 Å². The number of methoxy groups -OCH3 is 1. The minimum atomic E-state index is -0.233. The second-order valence-corrected chi connectivity index (χ2v) is 6.45. The van der Waals surface area contributed by atoms with Gasteiger partial charge in [0, 0.05) is 22.3 Å². The van der Waals surface area contributed by atoms with Gasteiger partial charge in [-0.05, 0) is 50.1 Å². The number of halogens is 2. The molecule has 1 amide bonds. The van der Waals surface area contributed by atoms with Gasteiger partial charge in [0.05, 0.1) is 12.1 Å². The number of hydrogen-bond donors (Lipinski definition) is 1. The zero-order valence-electron chi connectivity index (χ0n) is 14.0. The SMILES string of the molecule is COc1c(Cl)cc(Cl)cc1/C=C/C(=O)Nc1c(C)cc(C)cc1C. The van der Waals surface area contributed by atoms with Crippen molar-refractivity contribution < 1.29 is 9.53 Å². The Morgan fingerprint density at radius 2 is 1.71 bits per heavy atom. The molecule has 0 aromatic heterocycles. The predicted molar refractivity (Wildman–Crippen MR) is 101 cm³/mol. The summed E-state index contributed by atoms with van der Waals surface area (Å²) in [6.07, 6.45) is 3.06. The van der Waals surface area contributed by atoms with Crippen LogP contribution in [0.1, 0.15) is 22.3 Å². The summed E-state index contributed by atoms with van der Waals surface area (Å²) in [6.45, 7) is 5.97. The van der Waals surface area contributed by atoms with Gasteiger partial charge in [-0.15, -0.1) is 0 Å². The van der Waals surface area contributed by atoms with Crippen molar-refractivity contribution in [3.8, 4) is 5.75 Å². The first-order chi connectivity index (χ1) is 11.3. The Morgan fingerprint density at radius 1 is 1.08 bits per heavy atom. The van der Waals surface area contributed by atoms with Crippen molar-refractivity contribution in [1.82, 2.24) is 0 Å². The van der Waals surface area contributed by atoms with Crippen LogP contribution in [0, 0.1) is 20.8 Å². The topological polar surface area (TPSA) is 38.3 Å². The van der Waals surface area contributed by atoms with E-state index in [0.717, 1.165) is 22.4 Å². The molecular formula is C19H19Cl2NO2. The van der Waals surface area contributed by atoms with Gasteiger partial charge in [-0.25, -0.2) is 0 Å². The normalized spacial score (nSPS) is 10.9. The quantitative estimate of drug-likeness (QED) is 0.720. The minimum Gasteiger partial charge on any atom is -0.495 e. The Balaban J connectivity index is 2.23. The number of rotatable bonds is 4. The van der Waals surface area contributed by atoms with Crippen LogP contribution in [0.5, 0.6) is 5.75 Å². The number of ether oxygens (including phenoxy) is 1. The molecule has 0 heterocycles. The van der Waals surface area contributed by atoms with E-state index in [1.165, 1.54) is 13.2 Å². The van der Waals surface area contributed by atoms with Gasteiger partial charge in [-0.2, -0.15) is 0 Å². The number of nitrogens with one attached hydrogen (secondary N) is 1. The molecule has 1 N–H and O–H groups in total. The molecule has 24 heavy (non-hydrogen) atoms. The van der Waals surface area contributed by atoms with Crippen LogP contribution in [0.4, 0.5) is 5.69 Å². The molecule has 0 bridgehead atoms. The van der Waals surface area contributed by atoms with Crippen LogP contribution >= 0.6 is 23.2 Å². The molecule has 0 saturated heterocycles. The van der Waals surface area contributed by atoms with E-state index in [0.29, 0.717) is 21.4 Å². The third-order valence-electron chi connectivity index (χ3n) is 3.58. The highest BCUT2D eigenvalue weighted by molar-refractivity contribution is 6.36. The molecule has 0 aliphatic heterocycles. The Labute approximate surface area is 152 Å². The predicted octanol–water partition coefficient (Wildman–Crippen LogP) is 5.58. The average molecular weight is 364 g/mol. The standard InChI is InChI=1S/C19H19Cl2NO2/c1-11-7-12(2)18(13(3)8-11)22-17(23)6-5-14-9-15(20)10-16(21)19(14)24-4/h5-10H,1-4H3,(H,22,23)/b6-5+. The van der Waals surface area contributed by atoms with E-state index in [2.05, 4.69) is 5.32 Å². The first-order valence-corrected chi connectivity index (χ1v) is 8.17. The maximum atomic E-state index is 12.2. The summed E-state index contributed by atoms with van der Waals surface area (Å²) in [4.78, 5) is 12.2. The first kappa shape index (κ1) is 18.4. The Bertz CT molecular complexity index is 790. The van der Waals surface area contributed by atoms with Gasteiger partial charge in [0.2, 0.25) is 5.91 Å². The van der Waals surface area contributed by atoms with Gasteiger partial charge < -0.3 is 10.1 Å². The molecular weight excluding hydrogens is 345 g/mol. The molecule has 2 aromatic carbocycles. The number of benzene rings is 2. The van der Waals surface area contributed by atoms with Gasteiger partial charge in [0.1, 0.15) is 5.75 Å². The number of aryl methyl sites for hydroxylation is 3. The lowest BCUT2D eigenvalue weighted by Gasteiger charge is -2.11. The monoisotopic (exact) mass is 363 g/mol. The maximum Gasteiger partial charge on any atom is 0.248 e. The van der Waals surface area contributed by atoms with E-state index in [1.54, 1.807) is 18.2 Å². The van der Waals surface area contributed by atoms with Gasteiger partial charge in [-0.1, -0.05) is 40.9 Å². The summed E-state index contributed by atoms with van der Waals surface area (Å²) in [5.74, 6) is 0.246. The number of carbonyl (C=O) groups is 1. The highest BCUT2D eigenvalue weighted by Crippen LogP contribution is 2.33. The third-order valence-corrected chi connectivity index (χ3v) is 4.08. The summed E-state index contributed by atoms with van der Waals surface area (Å²) in [6, 6.07) is 7.36. The number of carbonyl (C=O) groups excluding carboxylic acids is 1. The summed E-state index contributed by atoms with van der Waals surface area (Å²) in [5, 5.41) is 3.79. The molecule has 0 atom stereocenters. The number of anilines is 1. The largest absolute Gasteiger partial charge is 0.495 e. The molecule has 0 radical (unpaired) electrons. The summed E-state index contributed by atoms with van der Waals surface area (Å²) >= 11 is 12.1. The lowest BCUT2D eigenvalue weighted by Crippen LogP contribution is -2.10. The fraction of sp³-hybridized carbons (Fsp3) is 0.211. The van der Waals surface area contributed by atoms with Crippen LogP contribution in [0.2, 0.25) is 10.0 Å². The van der Waals surface area contributed by atoms with Crippen molar-refractivity contribution >= 4 is 40.9 Å². The number of hydrogen-bond acceptors (Lipinski definition) is 2. The van der Waals surface area contributed by atoms with Crippen molar-refractivity contribution in [3.05, 3.63) is 62.6 Å². The summed E-state index contributed by atoms with van der Waals surface area (Å²) in [5.41, 5.74) is 4.68. The maximum absolute atomic E-state index is 12.2. The summed E-state index contributed by atoms with van der Waals surface area (Å²) in [7, 11) is 1.52. The number of amides is 1. The molecule has 0 unspecified atom stereocenters. The highest BCUT2D eigenvalue weighted by Gasteiger charge is 2.09. The third kappa shape index (κ3) is 4.31. The van der Waals surface area contributed by atoms with E-state index < -0.39 is 0 Å². The molecule has 0 aliphatic carbocycles. The van der Waals surface area contributed by atoms with Crippen molar-refractivity contribution in [2.45, 2.75) is 20.8 Å². The van der Waals surface area contributed by atoms with Gasteiger partial charge >= 0.3 is 0 Å². The molecule has 0 spiro atoms.